The predicted molar refractivity (Wildman–Crippen MR) is 75.7 cm³/mol. The molecule has 0 radical (unpaired) electrons. The van der Waals surface area contributed by atoms with Crippen molar-refractivity contribution in [1.82, 2.24) is 15.8 Å². The molecule has 0 aromatic carbocycles. The SMILES string of the molecule is CC1CCCC(C)N1NC(=S)NC1CCCC1. The summed E-state index contributed by atoms with van der Waals surface area (Å²) in [5.74, 6) is 0. The van der Waals surface area contributed by atoms with Crippen LogP contribution in [0.4, 0.5) is 0 Å². The summed E-state index contributed by atoms with van der Waals surface area (Å²) in [7, 11) is 0. The second kappa shape index (κ2) is 6.01. The lowest BCUT2D eigenvalue weighted by molar-refractivity contribution is 0.0733. The van der Waals surface area contributed by atoms with E-state index in [-0.39, 0.29) is 0 Å². The molecule has 0 amide bonds. The summed E-state index contributed by atoms with van der Waals surface area (Å²) in [6.45, 7) is 4.56. The highest BCUT2D eigenvalue weighted by Crippen LogP contribution is 2.20. The highest BCUT2D eigenvalue weighted by atomic mass is 32.1. The molecular weight excluding hydrogens is 230 g/mol. The van der Waals surface area contributed by atoms with Crippen LogP contribution in [0.5, 0.6) is 0 Å². The molecule has 0 spiro atoms. The zero-order valence-electron chi connectivity index (χ0n) is 11.0. The number of nitrogens with one attached hydrogen (secondary N) is 2. The van der Waals surface area contributed by atoms with E-state index in [4.69, 9.17) is 12.2 Å². The molecule has 2 fully saturated rings. The molecule has 1 saturated carbocycles. The topological polar surface area (TPSA) is 27.3 Å². The lowest BCUT2D eigenvalue weighted by Crippen LogP contribution is -2.57. The van der Waals surface area contributed by atoms with Crippen LogP contribution in [0, 0.1) is 0 Å². The molecule has 2 rings (SSSR count). The Balaban J connectivity index is 1.79. The monoisotopic (exact) mass is 255 g/mol. The van der Waals surface area contributed by atoms with Crippen LogP contribution in [0.1, 0.15) is 58.8 Å². The summed E-state index contributed by atoms with van der Waals surface area (Å²) < 4.78 is 0. The summed E-state index contributed by atoms with van der Waals surface area (Å²) >= 11 is 5.41. The van der Waals surface area contributed by atoms with Gasteiger partial charge in [-0.1, -0.05) is 19.3 Å². The molecular formula is C13H25N3S. The van der Waals surface area contributed by atoms with Gasteiger partial charge in [0.05, 0.1) is 0 Å². The van der Waals surface area contributed by atoms with E-state index in [1.807, 2.05) is 0 Å². The number of rotatable bonds is 2. The van der Waals surface area contributed by atoms with Crippen LogP contribution in [0.15, 0.2) is 0 Å². The Morgan fingerprint density at radius 3 is 2.18 bits per heavy atom. The smallest absolute Gasteiger partial charge is 0.181 e. The minimum atomic E-state index is 0.585. The van der Waals surface area contributed by atoms with Crippen molar-refractivity contribution in [2.24, 2.45) is 0 Å². The predicted octanol–water partition coefficient (Wildman–Crippen LogP) is 2.57. The Morgan fingerprint density at radius 1 is 1.00 bits per heavy atom. The fourth-order valence-corrected chi connectivity index (χ4v) is 3.32. The third kappa shape index (κ3) is 3.55. The molecule has 2 aliphatic rings. The highest BCUT2D eigenvalue weighted by molar-refractivity contribution is 7.80. The molecule has 1 aliphatic heterocycles. The van der Waals surface area contributed by atoms with Gasteiger partial charge in [-0.2, -0.15) is 0 Å². The molecule has 0 aromatic rings. The molecule has 2 atom stereocenters. The average Bonchev–Trinajstić information content (AvgIpc) is 2.76. The van der Waals surface area contributed by atoms with Crippen LogP contribution in [-0.2, 0) is 0 Å². The Labute approximate surface area is 110 Å². The van der Waals surface area contributed by atoms with Crippen molar-refractivity contribution >= 4 is 17.3 Å². The Bertz CT molecular complexity index is 253. The van der Waals surface area contributed by atoms with Gasteiger partial charge in [-0.25, -0.2) is 5.01 Å². The Hall–Kier alpha value is -0.350. The van der Waals surface area contributed by atoms with Crippen molar-refractivity contribution in [3.05, 3.63) is 0 Å². The first-order valence-corrected chi connectivity index (χ1v) is 7.43. The lowest BCUT2D eigenvalue weighted by atomic mass is 10.00. The zero-order chi connectivity index (χ0) is 12.3. The number of thiocarbonyl (C=S) groups is 1. The van der Waals surface area contributed by atoms with E-state index in [2.05, 4.69) is 29.6 Å². The molecule has 0 aromatic heterocycles. The Morgan fingerprint density at radius 2 is 1.59 bits per heavy atom. The van der Waals surface area contributed by atoms with E-state index >= 15 is 0 Å². The average molecular weight is 255 g/mol. The van der Waals surface area contributed by atoms with E-state index in [1.54, 1.807) is 0 Å². The Kier molecular flexibility index (Phi) is 4.62. The van der Waals surface area contributed by atoms with Gasteiger partial charge >= 0.3 is 0 Å². The number of piperidine rings is 1. The second-order valence-electron chi connectivity index (χ2n) is 5.60. The van der Waals surface area contributed by atoms with E-state index in [1.165, 1.54) is 44.9 Å². The first-order valence-electron chi connectivity index (χ1n) is 7.02. The molecule has 1 aliphatic carbocycles. The van der Waals surface area contributed by atoms with Gasteiger partial charge < -0.3 is 5.32 Å². The maximum Gasteiger partial charge on any atom is 0.181 e. The summed E-state index contributed by atoms with van der Waals surface area (Å²) in [6, 6.07) is 1.77. The molecule has 17 heavy (non-hydrogen) atoms. The van der Waals surface area contributed by atoms with E-state index in [0.29, 0.717) is 18.1 Å². The zero-order valence-corrected chi connectivity index (χ0v) is 11.9. The second-order valence-corrected chi connectivity index (χ2v) is 6.01. The van der Waals surface area contributed by atoms with Crippen LogP contribution in [0.25, 0.3) is 0 Å². The van der Waals surface area contributed by atoms with E-state index in [9.17, 15) is 0 Å². The van der Waals surface area contributed by atoms with Crippen LogP contribution in [0.2, 0.25) is 0 Å². The molecule has 0 bridgehead atoms. The van der Waals surface area contributed by atoms with Gasteiger partial charge in [-0.05, 0) is 51.7 Å². The van der Waals surface area contributed by atoms with Crippen molar-refractivity contribution < 1.29 is 0 Å². The van der Waals surface area contributed by atoms with Gasteiger partial charge in [-0.3, -0.25) is 5.43 Å². The third-order valence-electron chi connectivity index (χ3n) is 4.11. The molecule has 98 valence electrons. The molecule has 2 unspecified atom stereocenters. The number of hydrazine groups is 1. The van der Waals surface area contributed by atoms with Gasteiger partial charge in [0.1, 0.15) is 0 Å². The van der Waals surface area contributed by atoms with Crippen LogP contribution < -0.4 is 10.7 Å². The van der Waals surface area contributed by atoms with Gasteiger partial charge in [0, 0.05) is 18.1 Å². The largest absolute Gasteiger partial charge is 0.359 e. The number of nitrogens with zero attached hydrogens (tertiary/aromatic N) is 1. The van der Waals surface area contributed by atoms with Gasteiger partial charge in [0.25, 0.3) is 0 Å². The lowest BCUT2D eigenvalue weighted by Gasteiger charge is -2.39. The van der Waals surface area contributed by atoms with Gasteiger partial charge in [0.2, 0.25) is 0 Å². The quantitative estimate of drug-likeness (QED) is 0.742. The van der Waals surface area contributed by atoms with Crippen molar-refractivity contribution in [2.45, 2.75) is 76.9 Å². The maximum absolute atomic E-state index is 5.41. The highest BCUT2D eigenvalue weighted by Gasteiger charge is 2.25. The fourth-order valence-electron chi connectivity index (χ4n) is 3.05. The van der Waals surface area contributed by atoms with Crippen molar-refractivity contribution in [3.63, 3.8) is 0 Å². The minimum absolute atomic E-state index is 0.585. The number of hydrogen-bond acceptors (Lipinski definition) is 2. The third-order valence-corrected chi connectivity index (χ3v) is 4.32. The minimum Gasteiger partial charge on any atom is -0.359 e. The van der Waals surface area contributed by atoms with E-state index < -0.39 is 0 Å². The first-order chi connectivity index (χ1) is 8.16. The maximum atomic E-state index is 5.41. The normalized spacial score (nSPS) is 31.4. The molecule has 1 saturated heterocycles. The summed E-state index contributed by atoms with van der Waals surface area (Å²) in [5.41, 5.74) is 3.40. The van der Waals surface area contributed by atoms with Crippen molar-refractivity contribution in [1.29, 1.82) is 0 Å². The van der Waals surface area contributed by atoms with Gasteiger partial charge in [0.15, 0.2) is 5.11 Å². The number of hydrogen-bond donors (Lipinski definition) is 2. The summed E-state index contributed by atoms with van der Waals surface area (Å²) in [4.78, 5) is 0. The molecule has 1 heterocycles. The molecule has 3 nitrogen and oxygen atoms in total. The van der Waals surface area contributed by atoms with Crippen LogP contribution in [0.3, 0.4) is 0 Å². The van der Waals surface area contributed by atoms with Crippen molar-refractivity contribution in [2.75, 3.05) is 0 Å². The molecule has 2 N–H and O–H groups in total. The van der Waals surface area contributed by atoms with Crippen LogP contribution in [-0.4, -0.2) is 28.2 Å². The van der Waals surface area contributed by atoms with Crippen molar-refractivity contribution in [3.8, 4) is 0 Å². The molecule has 4 heteroatoms. The standard InChI is InChI=1S/C13H25N3S/c1-10-6-5-7-11(2)16(10)15-13(17)14-12-8-3-4-9-12/h10-12H,3-9H2,1-2H3,(H2,14,15,17). The van der Waals surface area contributed by atoms with E-state index in [0.717, 1.165) is 5.11 Å². The summed E-state index contributed by atoms with van der Waals surface area (Å²) in [6.07, 6.45) is 9.10. The van der Waals surface area contributed by atoms with Crippen LogP contribution >= 0.6 is 12.2 Å². The fraction of sp³-hybridized carbons (Fsp3) is 0.923. The summed E-state index contributed by atoms with van der Waals surface area (Å²) in [5, 5.41) is 6.59. The van der Waals surface area contributed by atoms with Gasteiger partial charge in [-0.15, -0.1) is 0 Å². The first kappa shape index (κ1) is 13.1.